The Hall–Kier alpha value is -2.35. The van der Waals surface area contributed by atoms with Crippen molar-refractivity contribution in [2.45, 2.75) is 19.9 Å². The molecule has 2 heterocycles. The third-order valence-electron chi connectivity index (χ3n) is 5.34. The zero-order valence-electron chi connectivity index (χ0n) is 16.5. The van der Waals surface area contributed by atoms with Gasteiger partial charge in [0.05, 0.1) is 10.2 Å². The van der Waals surface area contributed by atoms with E-state index in [2.05, 4.69) is 20.1 Å². The quantitative estimate of drug-likeness (QED) is 0.667. The summed E-state index contributed by atoms with van der Waals surface area (Å²) >= 11 is 1.51. The smallest absolute Gasteiger partial charge is 0.227 e. The third-order valence-corrected chi connectivity index (χ3v) is 6.27. The number of carbonyl (C=O) groups excluding carboxylic acids is 1. The van der Waals surface area contributed by atoms with Crippen LogP contribution in [0.2, 0.25) is 0 Å². The molecule has 2 aromatic carbocycles. The molecular formula is C22H25FN4OS. The average Bonchev–Trinajstić information content (AvgIpc) is 3.13. The molecule has 1 amide bonds. The molecule has 1 aliphatic rings. The lowest BCUT2D eigenvalue weighted by Gasteiger charge is -2.34. The van der Waals surface area contributed by atoms with Gasteiger partial charge in [0, 0.05) is 51.3 Å². The number of piperazine rings is 1. The average molecular weight is 413 g/mol. The van der Waals surface area contributed by atoms with Crippen molar-refractivity contribution in [3.05, 3.63) is 59.4 Å². The van der Waals surface area contributed by atoms with Crippen LogP contribution in [0.4, 0.5) is 9.52 Å². The number of para-hydroxylation sites is 1. The molecule has 0 bridgehead atoms. The van der Waals surface area contributed by atoms with Gasteiger partial charge in [-0.1, -0.05) is 41.7 Å². The molecule has 5 nitrogen and oxygen atoms in total. The van der Waals surface area contributed by atoms with Crippen molar-refractivity contribution in [1.82, 2.24) is 14.8 Å². The Morgan fingerprint density at radius 2 is 1.86 bits per heavy atom. The Bertz CT molecular complexity index is 997. The molecule has 1 aromatic heterocycles. The van der Waals surface area contributed by atoms with Gasteiger partial charge in [-0.05, 0) is 24.6 Å². The Balaban J connectivity index is 1.22. The van der Waals surface area contributed by atoms with E-state index in [9.17, 15) is 9.18 Å². The molecular weight excluding hydrogens is 387 g/mol. The van der Waals surface area contributed by atoms with Crippen LogP contribution in [0.5, 0.6) is 0 Å². The number of benzene rings is 2. The van der Waals surface area contributed by atoms with E-state index in [1.165, 1.54) is 17.4 Å². The van der Waals surface area contributed by atoms with Crippen LogP contribution in [-0.4, -0.2) is 53.4 Å². The van der Waals surface area contributed by atoms with Crippen LogP contribution in [0.25, 0.3) is 10.2 Å². The van der Waals surface area contributed by atoms with Crippen LogP contribution < -0.4 is 5.32 Å². The van der Waals surface area contributed by atoms with Crippen LogP contribution in [0.1, 0.15) is 17.5 Å². The number of amides is 1. The summed E-state index contributed by atoms with van der Waals surface area (Å²) in [7, 11) is 0. The molecule has 0 saturated carbocycles. The van der Waals surface area contributed by atoms with E-state index in [1.807, 2.05) is 37.3 Å². The fraction of sp³-hybridized carbons (Fsp3) is 0.364. The van der Waals surface area contributed by atoms with Crippen molar-refractivity contribution < 1.29 is 9.18 Å². The maximum absolute atomic E-state index is 13.8. The van der Waals surface area contributed by atoms with Gasteiger partial charge in [-0.2, -0.15) is 0 Å². The van der Waals surface area contributed by atoms with Crippen molar-refractivity contribution in [3.8, 4) is 0 Å². The lowest BCUT2D eigenvalue weighted by molar-refractivity contribution is -0.116. The summed E-state index contributed by atoms with van der Waals surface area (Å²) in [5.74, 6) is -0.146. The van der Waals surface area contributed by atoms with Gasteiger partial charge in [-0.3, -0.25) is 9.69 Å². The second-order valence-electron chi connectivity index (χ2n) is 7.45. The number of nitrogens with zero attached hydrogens (tertiary/aromatic N) is 3. The molecule has 1 saturated heterocycles. The summed E-state index contributed by atoms with van der Waals surface area (Å²) in [6.07, 6.45) is 0.447. The number of thiazole rings is 1. The predicted octanol–water partition coefficient (Wildman–Crippen LogP) is 3.89. The summed E-state index contributed by atoms with van der Waals surface area (Å²) in [6, 6.07) is 13.0. The first kappa shape index (κ1) is 19.9. The lowest BCUT2D eigenvalue weighted by Crippen LogP contribution is -2.46. The van der Waals surface area contributed by atoms with E-state index in [1.54, 1.807) is 6.07 Å². The zero-order chi connectivity index (χ0) is 20.2. The molecule has 0 spiro atoms. The van der Waals surface area contributed by atoms with Gasteiger partial charge in [0.2, 0.25) is 5.91 Å². The molecule has 152 valence electrons. The van der Waals surface area contributed by atoms with Crippen molar-refractivity contribution in [1.29, 1.82) is 0 Å². The summed E-state index contributed by atoms with van der Waals surface area (Å²) in [6.45, 7) is 6.94. The molecule has 1 fully saturated rings. The molecule has 1 N–H and O–H groups in total. The van der Waals surface area contributed by atoms with Crippen LogP contribution >= 0.6 is 11.3 Å². The SMILES string of the molecule is Cc1cccc2sc(NC(=O)CCN3CCN(Cc4ccccc4F)CC3)nc12. The number of carbonyl (C=O) groups is 1. The van der Waals surface area contributed by atoms with Gasteiger partial charge in [0.25, 0.3) is 0 Å². The minimum absolute atomic E-state index is 0.00417. The number of anilines is 1. The zero-order valence-corrected chi connectivity index (χ0v) is 17.3. The molecule has 1 aliphatic heterocycles. The fourth-order valence-electron chi connectivity index (χ4n) is 3.62. The van der Waals surface area contributed by atoms with E-state index in [-0.39, 0.29) is 11.7 Å². The first-order chi connectivity index (χ1) is 14.1. The monoisotopic (exact) mass is 412 g/mol. The maximum atomic E-state index is 13.8. The van der Waals surface area contributed by atoms with E-state index >= 15 is 0 Å². The topological polar surface area (TPSA) is 48.5 Å². The minimum atomic E-state index is -0.142. The second-order valence-corrected chi connectivity index (χ2v) is 8.48. The number of aromatic nitrogens is 1. The Labute approximate surface area is 174 Å². The standard InChI is InChI=1S/C22H25FN4OS/c1-16-5-4-8-19-21(16)25-22(29-19)24-20(28)9-10-26-11-13-27(14-12-26)15-17-6-2-3-7-18(17)23/h2-8H,9-15H2,1H3,(H,24,25,28). The van der Waals surface area contributed by atoms with Crippen molar-refractivity contribution in [3.63, 3.8) is 0 Å². The highest BCUT2D eigenvalue weighted by molar-refractivity contribution is 7.22. The summed E-state index contributed by atoms with van der Waals surface area (Å²) in [5, 5.41) is 3.60. The Morgan fingerprint density at radius 3 is 2.62 bits per heavy atom. The van der Waals surface area contributed by atoms with Crippen molar-refractivity contribution in [2.75, 3.05) is 38.0 Å². The molecule has 29 heavy (non-hydrogen) atoms. The Kier molecular flexibility index (Phi) is 6.18. The number of rotatable bonds is 6. The van der Waals surface area contributed by atoms with E-state index in [0.717, 1.165) is 54.1 Å². The van der Waals surface area contributed by atoms with E-state index < -0.39 is 0 Å². The van der Waals surface area contributed by atoms with E-state index in [0.29, 0.717) is 18.1 Å². The highest BCUT2D eigenvalue weighted by atomic mass is 32.1. The van der Waals surface area contributed by atoms with Gasteiger partial charge in [0.1, 0.15) is 5.82 Å². The van der Waals surface area contributed by atoms with Crippen LogP contribution in [0.3, 0.4) is 0 Å². The first-order valence-corrected chi connectivity index (χ1v) is 10.7. The number of halogens is 1. The first-order valence-electron chi connectivity index (χ1n) is 9.92. The summed E-state index contributed by atoms with van der Waals surface area (Å²) in [4.78, 5) is 21.4. The van der Waals surface area contributed by atoms with Gasteiger partial charge in [-0.25, -0.2) is 9.37 Å². The van der Waals surface area contributed by atoms with Gasteiger partial charge < -0.3 is 10.2 Å². The van der Waals surface area contributed by atoms with Crippen LogP contribution in [0, 0.1) is 12.7 Å². The number of aryl methyl sites for hydroxylation is 1. The van der Waals surface area contributed by atoms with Crippen molar-refractivity contribution >= 4 is 32.6 Å². The Morgan fingerprint density at radius 1 is 1.10 bits per heavy atom. The molecule has 0 radical (unpaired) electrons. The predicted molar refractivity (Wildman–Crippen MR) is 116 cm³/mol. The molecule has 0 unspecified atom stereocenters. The third kappa shape index (κ3) is 4.98. The van der Waals surface area contributed by atoms with Crippen LogP contribution in [-0.2, 0) is 11.3 Å². The number of fused-ring (bicyclic) bond motifs is 1. The normalized spacial score (nSPS) is 15.7. The van der Waals surface area contributed by atoms with E-state index in [4.69, 9.17) is 0 Å². The highest BCUT2D eigenvalue weighted by Crippen LogP contribution is 2.27. The number of hydrogen-bond donors (Lipinski definition) is 1. The molecule has 3 aromatic rings. The summed E-state index contributed by atoms with van der Waals surface area (Å²) < 4.78 is 14.9. The summed E-state index contributed by atoms with van der Waals surface area (Å²) in [5.41, 5.74) is 2.82. The number of hydrogen-bond acceptors (Lipinski definition) is 5. The molecule has 7 heteroatoms. The molecule has 4 rings (SSSR count). The largest absolute Gasteiger partial charge is 0.302 e. The lowest BCUT2D eigenvalue weighted by atomic mass is 10.2. The van der Waals surface area contributed by atoms with Crippen molar-refractivity contribution in [2.24, 2.45) is 0 Å². The number of nitrogens with one attached hydrogen (secondary N) is 1. The van der Waals surface area contributed by atoms with Gasteiger partial charge in [0.15, 0.2) is 5.13 Å². The van der Waals surface area contributed by atoms with Gasteiger partial charge >= 0.3 is 0 Å². The van der Waals surface area contributed by atoms with Crippen LogP contribution in [0.15, 0.2) is 42.5 Å². The molecule has 0 atom stereocenters. The highest BCUT2D eigenvalue weighted by Gasteiger charge is 2.19. The molecule has 0 aliphatic carbocycles. The van der Waals surface area contributed by atoms with Gasteiger partial charge in [-0.15, -0.1) is 0 Å². The maximum Gasteiger partial charge on any atom is 0.227 e. The minimum Gasteiger partial charge on any atom is -0.302 e. The second kappa shape index (κ2) is 8.98. The fourth-order valence-corrected chi connectivity index (χ4v) is 4.58.